The summed E-state index contributed by atoms with van der Waals surface area (Å²) in [6.07, 6.45) is 3.50. The maximum absolute atomic E-state index is 15.6. The second-order valence-corrected chi connectivity index (χ2v) is 11.4. The summed E-state index contributed by atoms with van der Waals surface area (Å²) in [5.41, 5.74) is 4.72. The molecule has 4 heterocycles. The second-order valence-electron chi connectivity index (χ2n) is 11.4. The van der Waals surface area contributed by atoms with Crippen LogP contribution >= 0.6 is 0 Å². The molecular weight excluding hydrogens is 524 g/mol. The van der Waals surface area contributed by atoms with E-state index in [0.717, 1.165) is 30.7 Å². The Kier molecular flexibility index (Phi) is 7.63. The van der Waals surface area contributed by atoms with Crippen LogP contribution in [0.15, 0.2) is 42.7 Å². The van der Waals surface area contributed by atoms with E-state index in [-0.39, 0.29) is 5.69 Å². The molecule has 41 heavy (non-hydrogen) atoms. The van der Waals surface area contributed by atoms with Gasteiger partial charge in [-0.25, -0.2) is 13.8 Å². The summed E-state index contributed by atoms with van der Waals surface area (Å²) in [4.78, 5) is 13.5. The van der Waals surface area contributed by atoms with Gasteiger partial charge in [0.25, 0.3) is 0 Å². The van der Waals surface area contributed by atoms with Crippen molar-refractivity contribution in [3.63, 3.8) is 0 Å². The van der Waals surface area contributed by atoms with E-state index in [0.29, 0.717) is 61.2 Å². The molecule has 0 bridgehead atoms. The summed E-state index contributed by atoms with van der Waals surface area (Å²) in [7, 11) is 0. The number of anilines is 3. The number of rotatable bonds is 6. The van der Waals surface area contributed by atoms with Crippen LogP contribution < -0.4 is 15.5 Å². The molecule has 0 saturated carbocycles. The molecule has 0 spiro atoms. The molecule has 0 amide bonds. The zero-order chi connectivity index (χ0) is 28.7. The number of hydrogen-bond donors (Lipinski definition) is 2. The number of aryl methyl sites for hydroxylation is 1. The minimum absolute atomic E-state index is 0.00268. The molecule has 2 saturated heterocycles. The summed E-state index contributed by atoms with van der Waals surface area (Å²) in [5, 5.41) is 7.71. The van der Waals surface area contributed by atoms with Crippen molar-refractivity contribution < 1.29 is 13.5 Å². The average Bonchev–Trinajstić information content (AvgIpc) is 3.36. The molecule has 2 atom stereocenters. The Morgan fingerprint density at radius 1 is 1.05 bits per heavy atom. The molecule has 6 rings (SSSR count). The molecule has 0 aliphatic carbocycles. The van der Waals surface area contributed by atoms with Crippen molar-refractivity contribution in [2.75, 3.05) is 49.6 Å². The predicted octanol–water partition coefficient (Wildman–Crippen LogP) is 5.08. The third-order valence-corrected chi connectivity index (χ3v) is 8.06. The minimum Gasteiger partial charge on any atom is -0.378 e. The lowest BCUT2D eigenvalue weighted by atomic mass is 10.1. The quantitative estimate of drug-likeness (QED) is 0.340. The van der Waals surface area contributed by atoms with Gasteiger partial charge < -0.3 is 24.8 Å². The van der Waals surface area contributed by atoms with E-state index in [9.17, 15) is 0 Å². The summed E-state index contributed by atoms with van der Waals surface area (Å²) in [6.45, 7) is 12.9. The zero-order valence-electron chi connectivity index (χ0n) is 24.0. The Morgan fingerprint density at radius 3 is 2.56 bits per heavy atom. The highest BCUT2D eigenvalue weighted by atomic mass is 19.1. The molecule has 0 radical (unpaired) electrons. The normalized spacial score (nSPS) is 20.1. The topological polar surface area (TPSA) is 70.5 Å². The number of benzene rings is 2. The SMILES string of the molecule is Cc1ccc(Nc2ncc3ccn(-c4cc(F)c(N5CCOCC5)c(F)c4C)c3n2)cc1CN1C[C@@H](C)N[C@@H](C)C1. The van der Waals surface area contributed by atoms with Crippen molar-refractivity contribution in [3.8, 4) is 5.69 Å². The molecule has 2 N–H and O–H groups in total. The highest BCUT2D eigenvalue weighted by Gasteiger charge is 2.24. The first-order valence-corrected chi connectivity index (χ1v) is 14.3. The van der Waals surface area contributed by atoms with E-state index >= 15 is 8.78 Å². The number of fused-ring (bicyclic) bond motifs is 1. The summed E-state index contributed by atoms with van der Waals surface area (Å²) < 4.78 is 38.0. The van der Waals surface area contributed by atoms with Gasteiger partial charge in [-0.2, -0.15) is 4.98 Å². The van der Waals surface area contributed by atoms with Gasteiger partial charge in [0.05, 0.1) is 18.9 Å². The summed E-state index contributed by atoms with van der Waals surface area (Å²) >= 11 is 0. The van der Waals surface area contributed by atoms with Gasteiger partial charge >= 0.3 is 0 Å². The van der Waals surface area contributed by atoms with E-state index in [1.54, 1.807) is 28.8 Å². The van der Waals surface area contributed by atoms with E-state index in [1.165, 1.54) is 17.2 Å². The van der Waals surface area contributed by atoms with E-state index in [2.05, 4.69) is 53.4 Å². The molecule has 4 aromatic rings. The second kappa shape index (κ2) is 11.3. The number of aromatic nitrogens is 3. The molecule has 2 aromatic carbocycles. The fraction of sp³-hybridized carbons (Fsp3) is 0.419. The van der Waals surface area contributed by atoms with Crippen LogP contribution in [0.5, 0.6) is 0 Å². The number of halogens is 2. The number of morpholine rings is 1. The van der Waals surface area contributed by atoms with Crippen molar-refractivity contribution >= 4 is 28.4 Å². The van der Waals surface area contributed by atoms with Crippen molar-refractivity contribution in [3.05, 3.63) is 71.1 Å². The van der Waals surface area contributed by atoms with Crippen molar-refractivity contribution in [2.24, 2.45) is 0 Å². The highest BCUT2D eigenvalue weighted by molar-refractivity contribution is 5.79. The first-order chi connectivity index (χ1) is 19.8. The maximum Gasteiger partial charge on any atom is 0.229 e. The van der Waals surface area contributed by atoms with Crippen molar-refractivity contribution in [2.45, 2.75) is 46.3 Å². The molecular formula is C31H37F2N7O. The lowest BCUT2D eigenvalue weighted by Gasteiger charge is -2.36. The maximum atomic E-state index is 15.6. The van der Waals surface area contributed by atoms with Gasteiger partial charge in [0, 0.05) is 79.9 Å². The first kappa shape index (κ1) is 27.6. The predicted molar refractivity (Wildman–Crippen MR) is 158 cm³/mol. The number of hydrogen-bond acceptors (Lipinski definition) is 7. The van der Waals surface area contributed by atoms with Crippen LogP contribution in [0.25, 0.3) is 16.7 Å². The summed E-state index contributed by atoms with van der Waals surface area (Å²) in [6, 6.07) is 10.4. The van der Waals surface area contributed by atoms with Crippen LogP contribution in [-0.4, -0.2) is 70.9 Å². The zero-order valence-corrected chi connectivity index (χ0v) is 24.0. The molecule has 2 aliphatic heterocycles. The Bertz CT molecular complexity index is 1560. The van der Waals surface area contributed by atoms with Gasteiger partial charge in [-0.05, 0) is 57.0 Å². The fourth-order valence-electron chi connectivity index (χ4n) is 6.05. The Morgan fingerprint density at radius 2 is 1.80 bits per heavy atom. The van der Waals surface area contributed by atoms with Crippen LogP contribution in [0.4, 0.5) is 26.1 Å². The monoisotopic (exact) mass is 561 g/mol. The Labute approximate surface area is 239 Å². The van der Waals surface area contributed by atoms with Gasteiger partial charge in [0.2, 0.25) is 5.95 Å². The van der Waals surface area contributed by atoms with E-state index < -0.39 is 11.6 Å². The lowest BCUT2D eigenvalue weighted by molar-refractivity contribution is 0.122. The van der Waals surface area contributed by atoms with Crippen LogP contribution in [-0.2, 0) is 11.3 Å². The van der Waals surface area contributed by atoms with E-state index in [4.69, 9.17) is 9.72 Å². The third-order valence-electron chi connectivity index (χ3n) is 8.06. The number of nitrogens with one attached hydrogen (secondary N) is 2. The Balaban J connectivity index is 1.28. The minimum atomic E-state index is -0.597. The molecule has 2 aliphatic rings. The lowest BCUT2D eigenvalue weighted by Crippen LogP contribution is -2.53. The number of piperazine rings is 1. The van der Waals surface area contributed by atoms with Crippen LogP contribution in [0.1, 0.15) is 30.5 Å². The number of ether oxygens (including phenoxy) is 1. The third kappa shape index (κ3) is 5.64. The van der Waals surface area contributed by atoms with Gasteiger partial charge in [-0.1, -0.05) is 6.07 Å². The summed E-state index contributed by atoms with van der Waals surface area (Å²) in [5.74, 6) is -0.739. The molecule has 10 heteroatoms. The van der Waals surface area contributed by atoms with Crippen molar-refractivity contribution in [1.29, 1.82) is 0 Å². The van der Waals surface area contributed by atoms with Gasteiger partial charge in [0.15, 0.2) is 11.6 Å². The average molecular weight is 562 g/mol. The highest BCUT2D eigenvalue weighted by Crippen LogP contribution is 2.33. The molecule has 216 valence electrons. The van der Waals surface area contributed by atoms with Crippen LogP contribution in [0, 0.1) is 25.5 Å². The first-order valence-electron chi connectivity index (χ1n) is 14.3. The molecule has 0 unspecified atom stereocenters. The molecule has 8 nitrogen and oxygen atoms in total. The Hall–Kier alpha value is -3.60. The largest absolute Gasteiger partial charge is 0.378 e. The molecule has 2 aromatic heterocycles. The fourth-order valence-corrected chi connectivity index (χ4v) is 6.05. The van der Waals surface area contributed by atoms with Gasteiger partial charge in [0.1, 0.15) is 11.3 Å². The van der Waals surface area contributed by atoms with Gasteiger partial charge in [-0.15, -0.1) is 0 Å². The van der Waals surface area contributed by atoms with Crippen molar-refractivity contribution in [1.82, 2.24) is 24.8 Å². The van der Waals surface area contributed by atoms with Crippen LogP contribution in [0.2, 0.25) is 0 Å². The standard InChI is InChI=1S/C31H37F2N7O/c1-19-5-6-25(13-24(19)18-38-16-20(2)35-21(3)17-38)36-31-34-15-23-7-8-40(30(23)37-31)27-14-26(32)29(28(33)22(27)4)39-9-11-41-12-10-39/h5-8,13-15,20-21,35H,9-12,16-18H2,1-4H3,(H,34,36,37)/t20-,21+. The number of nitrogens with zero attached hydrogens (tertiary/aromatic N) is 5. The smallest absolute Gasteiger partial charge is 0.229 e. The van der Waals surface area contributed by atoms with Crippen LogP contribution in [0.3, 0.4) is 0 Å². The van der Waals surface area contributed by atoms with E-state index in [1.807, 2.05) is 12.1 Å². The molecule has 2 fully saturated rings. The van der Waals surface area contributed by atoms with Gasteiger partial charge in [-0.3, -0.25) is 4.90 Å².